The zero-order valence-electron chi connectivity index (χ0n) is 9.49. The van der Waals surface area contributed by atoms with Crippen LogP contribution in [-0.2, 0) is 14.3 Å². The third-order valence-electron chi connectivity index (χ3n) is 2.22. The molecule has 5 heteroatoms. The average Bonchev–Trinajstić information content (AvgIpc) is 2.19. The van der Waals surface area contributed by atoms with Crippen LogP contribution in [0.15, 0.2) is 0 Å². The monoisotopic (exact) mass is 216 g/mol. The first-order valence-corrected chi connectivity index (χ1v) is 5.39. The second-order valence-electron chi connectivity index (χ2n) is 3.70. The van der Waals surface area contributed by atoms with Crippen molar-refractivity contribution in [1.82, 2.24) is 10.2 Å². The highest BCUT2D eigenvalue weighted by atomic mass is 16.5. The van der Waals surface area contributed by atoms with Gasteiger partial charge in [0.05, 0.1) is 25.9 Å². The number of carbonyl (C=O) groups excluding carboxylic acids is 1. The molecule has 1 N–H and O–H groups in total. The first-order chi connectivity index (χ1) is 7.22. The summed E-state index contributed by atoms with van der Waals surface area (Å²) >= 11 is 0. The van der Waals surface area contributed by atoms with Crippen molar-refractivity contribution < 1.29 is 14.3 Å². The van der Waals surface area contributed by atoms with E-state index < -0.39 is 0 Å². The van der Waals surface area contributed by atoms with Crippen LogP contribution in [0.25, 0.3) is 0 Å². The summed E-state index contributed by atoms with van der Waals surface area (Å²) in [6.07, 6.45) is 0.179. The molecule has 0 spiro atoms. The Kier molecular flexibility index (Phi) is 5.60. The number of nitrogens with zero attached hydrogens (tertiary/aromatic N) is 1. The van der Waals surface area contributed by atoms with Crippen molar-refractivity contribution in [2.24, 2.45) is 0 Å². The molecule has 15 heavy (non-hydrogen) atoms. The summed E-state index contributed by atoms with van der Waals surface area (Å²) in [7, 11) is 1.90. The number of likely N-dealkylation sites (N-methyl/N-ethyl adjacent to an activating group) is 1. The van der Waals surface area contributed by atoms with E-state index in [-0.39, 0.29) is 12.1 Å². The topological polar surface area (TPSA) is 50.8 Å². The van der Waals surface area contributed by atoms with Crippen LogP contribution in [0.4, 0.5) is 0 Å². The van der Waals surface area contributed by atoms with E-state index in [0.717, 1.165) is 26.2 Å². The number of morpholine rings is 1. The number of hydrogen-bond donors (Lipinski definition) is 1. The van der Waals surface area contributed by atoms with Crippen molar-refractivity contribution in [2.45, 2.75) is 13.0 Å². The average molecular weight is 216 g/mol. The Hall–Kier alpha value is -0.650. The molecule has 0 saturated carbocycles. The third kappa shape index (κ3) is 5.11. The molecular formula is C10H20N2O3. The summed E-state index contributed by atoms with van der Waals surface area (Å²) in [6, 6.07) is 0. The molecule has 5 nitrogen and oxygen atoms in total. The molecule has 88 valence electrons. The summed E-state index contributed by atoms with van der Waals surface area (Å²) < 4.78 is 10.4. The van der Waals surface area contributed by atoms with Crippen molar-refractivity contribution in [1.29, 1.82) is 0 Å². The SMILES string of the molecule is CCOC(=O)CN(C)CC1CNCCO1. The van der Waals surface area contributed by atoms with Crippen molar-refractivity contribution in [3.63, 3.8) is 0 Å². The lowest BCUT2D eigenvalue weighted by molar-refractivity contribution is -0.144. The Morgan fingerprint density at radius 3 is 3.07 bits per heavy atom. The summed E-state index contributed by atoms with van der Waals surface area (Å²) in [5.41, 5.74) is 0. The fourth-order valence-electron chi connectivity index (χ4n) is 1.58. The van der Waals surface area contributed by atoms with Crippen LogP contribution in [0, 0.1) is 0 Å². The number of hydrogen-bond acceptors (Lipinski definition) is 5. The minimum atomic E-state index is -0.177. The lowest BCUT2D eigenvalue weighted by atomic mass is 10.3. The van der Waals surface area contributed by atoms with Gasteiger partial charge in [-0.05, 0) is 14.0 Å². The molecule has 0 aromatic carbocycles. The zero-order chi connectivity index (χ0) is 11.1. The maximum atomic E-state index is 11.2. The van der Waals surface area contributed by atoms with Crippen LogP contribution in [0.2, 0.25) is 0 Å². The first-order valence-electron chi connectivity index (χ1n) is 5.39. The third-order valence-corrected chi connectivity index (χ3v) is 2.22. The normalized spacial score (nSPS) is 21.7. The van der Waals surface area contributed by atoms with Crippen LogP contribution in [0.5, 0.6) is 0 Å². The predicted molar refractivity (Wildman–Crippen MR) is 56.7 cm³/mol. The molecule has 1 aliphatic rings. The number of esters is 1. The van der Waals surface area contributed by atoms with Crippen LogP contribution in [0.1, 0.15) is 6.92 Å². The van der Waals surface area contributed by atoms with E-state index in [4.69, 9.17) is 9.47 Å². The van der Waals surface area contributed by atoms with Crippen molar-refractivity contribution in [3.8, 4) is 0 Å². The second-order valence-corrected chi connectivity index (χ2v) is 3.70. The first kappa shape index (κ1) is 12.4. The van der Waals surface area contributed by atoms with Crippen LogP contribution in [-0.4, -0.2) is 63.4 Å². The zero-order valence-corrected chi connectivity index (χ0v) is 9.49. The van der Waals surface area contributed by atoms with E-state index in [2.05, 4.69) is 5.32 Å². The second kappa shape index (κ2) is 6.76. The molecule has 1 fully saturated rings. The minimum Gasteiger partial charge on any atom is -0.465 e. The summed E-state index contributed by atoms with van der Waals surface area (Å²) in [5.74, 6) is -0.177. The van der Waals surface area contributed by atoms with E-state index >= 15 is 0 Å². The summed E-state index contributed by atoms with van der Waals surface area (Å²) in [6.45, 7) is 5.85. The predicted octanol–water partition coefficient (Wildman–Crippen LogP) is -0.530. The van der Waals surface area contributed by atoms with Gasteiger partial charge in [0, 0.05) is 19.6 Å². The maximum absolute atomic E-state index is 11.2. The van der Waals surface area contributed by atoms with Gasteiger partial charge in [0.2, 0.25) is 0 Å². The van der Waals surface area contributed by atoms with Gasteiger partial charge in [0.15, 0.2) is 0 Å². The van der Waals surface area contributed by atoms with Gasteiger partial charge in [-0.2, -0.15) is 0 Å². The Morgan fingerprint density at radius 1 is 1.67 bits per heavy atom. The van der Waals surface area contributed by atoms with Crippen molar-refractivity contribution >= 4 is 5.97 Å². The fraction of sp³-hybridized carbons (Fsp3) is 0.900. The molecule has 1 rings (SSSR count). The van der Waals surface area contributed by atoms with Gasteiger partial charge in [-0.25, -0.2) is 0 Å². The Bertz CT molecular complexity index is 193. The van der Waals surface area contributed by atoms with E-state index in [9.17, 15) is 4.79 Å². The van der Waals surface area contributed by atoms with E-state index in [1.54, 1.807) is 0 Å². The highest BCUT2D eigenvalue weighted by Gasteiger charge is 2.16. The van der Waals surface area contributed by atoms with Gasteiger partial charge in [0.1, 0.15) is 0 Å². The molecule has 0 aromatic rings. The number of rotatable bonds is 5. The van der Waals surface area contributed by atoms with Gasteiger partial charge >= 0.3 is 5.97 Å². The van der Waals surface area contributed by atoms with Gasteiger partial charge in [-0.15, -0.1) is 0 Å². The molecule has 0 radical (unpaired) electrons. The molecule has 1 saturated heterocycles. The number of carbonyl (C=O) groups is 1. The molecule has 1 aliphatic heterocycles. The number of nitrogens with one attached hydrogen (secondary N) is 1. The smallest absolute Gasteiger partial charge is 0.320 e. The standard InChI is InChI=1S/C10H20N2O3/c1-3-14-10(13)8-12(2)7-9-6-11-4-5-15-9/h9,11H,3-8H2,1-2H3. The molecule has 0 aliphatic carbocycles. The fourth-order valence-corrected chi connectivity index (χ4v) is 1.58. The summed E-state index contributed by atoms with van der Waals surface area (Å²) in [4.78, 5) is 13.1. The van der Waals surface area contributed by atoms with Gasteiger partial charge < -0.3 is 14.8 Å². The molecular weight excluding hydrogens is 196 g/mol. The highest BCUT2D eigenvalue weighted by Crippen LogP contribution is 1.98. The van der Waals surface area contributed by atoms with Crippen molar-refractivity contribution in [3.05, 3.63) is 0 Å². The van der Waals surface area contributed by atoms with Gasteiger partial charge in [-0.3, -0.25) is 9.69 Å². The van der Waals surface area contributed by atoms with Crippen LogP contribution in [0.3, 0.4) is 0 Å². The molecule has 0 aromatic heterocycles. The van der Waals surface area contributed by atoms with Crippen LogP contribution >= 0.6 is 0 Å². The molecule has 0 amide bonds. The molecule has 1 heterocycles. The minimum absolute atomic E-state index is 0.177. The Balaban J connectivity index is 2.16. The lowest BCUT2D eigenvalue weighted by Crippen LogP contribution is -2.45. The largest absolute Gasteiger partial charge is 0.465 e. The van der Waals surface area contributed by atoms with Gasteiger partial charge in [-0.1, -0.05) is 0 Å². The van der Waals surface area contributed by atoms with Crippen LogP contribution < -0.4 is 5.32 Å². The Labute approximate surface area is 90.7 Å². The molecule has 0 bridgehead atoms. The Morgan fingerprint density at radius 2 is 2.47 bits per heavy atom. The summed E-state index contributed by atoms with van der Waals surface area (Å²) in [5, 5.41) is 3.25. The van der Waals surface area contributed by atoms with E-state index in [0.29, 0.717) is 13.2 Å². The highest BCUT2D eigenvalue weighted by molar-refractivity contribution is 5.71. The quantitative estimate of drug-likeness (QED) is 0.626. The van der Waals surface area contributed by atoms with Gasteiger partial charge in [0.25, 0.3) is 0 Å². The maximum Gasteiger partial charge on any atom is 0.320 e. The van der Waals surface area contributed by atoms with E-state index in [1.807, 2.05) is 18.9 Å². The molecule has 1 atom stereocenters. The lowest BCUT2D eigenvalue weighted by Gasteiger charge is -2.27. The number of ether oxygens (including phenoxy) is 2. The molecule has 1 unspecified atom stereocenters. The van der Waals surface area contributed by atoms with E-state index in [1.165, 1.54) is 0 Å². The van der Waals surface area contributed by atoms with Crippen molar-refractivity contribution in [2.75, 3.05) is 46.4 Å².